The van der Waals surface area contributed by atoms with Gasteiger partial charge in [0.15, 0.2) is 5.60 Å². The summed E-state index contributed by atoms with van der Waals surface area (Å²) in [5, 5.41) is 0. The van der Waals surface area contributed by atoms with Crippen LogP contribution in [0.25, 0.3) is 0 Å². The average molecular weight is 588 g/mol. The van der Waals surface area contributed by atoms with E-state index in [9.17, 15) is 9.18 Å². The Kier molecular flexibility index (Phi) is 5.81. The zero-order valence-corrected chi connectivity index (χ0v) is 20.9. The van der Waals surface area contributed by atoms with E-state index in [1.54, 1.807) is 4.90 Å². The van der Waals surface area contributed by atoms with Gasteiger partial charge in [-0.05, 0) is 77.7 Å². The van der Waals surface area contributed by atoms with Gasteiger partial charge < -0.3 is 14.4 Å². The summed E-state index contributed by atoms with van der Waals surface area (Å²) in [4.78, 5) is 14.8. The molecular weight excluding hydrogens is 564 g/mol. The number of halogens is 3. The van der Waals surface area contributed by atoms with E-state index in [-0.39, 0.29) is 18.0 Å². The van der Waals surface area contributed by atoms with Crippen LogP contribution in [-0.2, 0) is 16.8 Å². The molecule has 2 atom stereocenters. The number of ether oxygens (including phenoxy) is 2. The number of likely N-dealkylation sites (tertiary alicyclic amines) is 1. The highest BCUT2D eigenvalue weighted by Crippen LogP contribution is 2.51. The number of nitrogens with zero attached hydrogens (tertiary/aromatic N) is 1. The highest BCUT2D eigenvalue weighted by atomic mass is 127. The summed E-state index contributed by atoms with van der Waals surface area (Å²) < 4.78 is 28.0. The second-order valence-electron chi connectivity index (χ2n) is 8.83. The summed E-state index contributed by atoms with van der Waals surface area (Å²) in [5.41, 5.74) is 0.534. The molecule has 2 heterocycles. The Morgan fingerprint density at radius 1 is 1.33 bits per heavy atom. The minimum absolute atomic E-state index is 0.213. The molecule has 2 aromatic carbocycles. The predicted molar refractivity (Wildman–Crippen MR) is 125 cm³/mol. The summed E-state index contributed by atoms with van der Waals surface area (Å²) >= 11 is 5.57. The maximum Gasteiger partial charge on any atom is 0.410 e. The molecule has 0 bridgehead atoms. The second kappa shape index (κ2) is 7.97. The van der Waals surface area contributed by atoms with Crippen LogP contribution in [0.4, 0.5) is 9.18 Å². The van der Waals surface area contributed by atoms with Gasteiger partial charge in [0.2, 0.25) is 0 Å². The molecule has 160 valence electrons. The van der Waals surface area contributed by atoms with Crippen LogP contribution in [0.1, 0.15) is 44.7 Å². The number of hydrogen-bond donors (Lipinski definition) is 0. The van der Waals surface area contributed by atoms with Gasteiger partial charge in [0.25, 0.3) is 0 Å². The maximum absolute atomic E-state index is 14.5. The van der Waals surface area contributed by atoms with Crippen LogP contribution < -0.4 is 4.74 Å². The topological polar surface area (TPSA) is 38.8 Å². The highest BCUT2D eigenvalue weighted by molar-refractivity contribution is 14.1. The first-order chi connectivity index (χ1) is 14.1. The van der Waals surface area contributed by atoms with Gasteiger partial charge >= 0.3 is 6.09 Å². The SMILES string of the molecule is CC(C)(C)OC(=O)N1CCC[C@H]1[C@@]1(c2ccccc2)Cc2c(cc(F)c(I)c2Br)O1. The number of hydrogen-bond acceptors (Lipinski definition) is 3. The van der Waals surface area contributed by atoms with Crippen molar-refractivity contribution < 1.29 is 18.7 Å². The lowest BCUT2D eigenvalue weighted by atomic mass is 9.81. The van der Waals surface area contributed by atoms with Crippen molar-refractivity contribution in [1.29, 1.82) is 0 Å². The molecule has 30 heavy (non-hydrogen) atoms. The van der Waals surface area contributed by atoms with E-state index in [2.05, 4.69) is 15.9 Å². The van der Waals surface area contributed by atoms with E-state index in [1.165, 1.54) is 6.07 Å². The van der Waals surface area contributed by atoms with E-state index in [4.69, 9.17) is 9.47 Å². The van der Waals surface area contributed by atoms with E-state index >= 15 is 0 Å². The number of carbonyl (C=O) groups is 1. The molecule has 2 aliphatic rings. The normalized spacial score (nSPS) is 23.3. The average Bonchev–Trinajstić information content (AvgIpc) is 3.31. The third kappa shape index (κ3) is 3.83. The van der Waals surface area contributed by atoms with Crippen LogP contribution in [0.15, 0.2) is 40.9 Å². The molecule has 0 radical (unpaired) electrons. The van der Waals surface area contributed by atoms with Crippen LogP contribution in [-0.4, -0.2) is 29.2 Å². The zero-order valence-electron chi connectivity index (χ0n) is 17.2. The van der Waals surface area contributed by atoms with Crippen molar-refractivity contribution in [3.8, 4) is 5.75 Å². The van der Waals surface area contributed by atoms with Crippen molar-refractivity contribution in [2.45, 2.75) is 57.3 Å². The van der Waals surface area contributed by atoms with Gasteiger partial charge in [-0.3, -0.25) is 0 Å². The molecule has 0 spiro atoms. The molecule has 2 aromatic rings. The van der Waals surface area contributed by atoms with Gasteiger partial charge in [-0.15, -0.1) is 0 Å². The Balaban J connectivity index is 1.79. The van der Waals surface area contributed by atoms with E-state index in [1.807, 2.05) is 73.7 Å². The van der Waals surface area contributed by atoms with Gasteiger partial charge in [-0.2, -0.15) is 0 Å². The third-order valence-electron chi connectivity index (χ3n) is 5.64. The first-order valence-corrected chi connectivity index (χ1v) is 11.9. The fraction of sp³-hybridized carbons (Fsp3) is 0.435. The Bertz CT molecular complexity index is 979. The summed E-state index contributed by atoms with van der Waals surface area (Å²) in [5.74, 6) is 0.209. The number of fused-ring (bicyclic) bond motifs is 1. The van der Waals surface area contributed by atoms with Crippen molar-refractivity contribution in [2.24, 2.45) is 0 Å². The number of benzene rings is 2. The first-order valence-electron chi connectivity index (χ1n) is 10.0. The lowest BCUT2D eigenvalue weighted by Gasteiger charge is -2.40. The largest absolute Gasteiger partial charge is 0.480 e. The molecule has 0 unspecified atom stereocenters. The molecule has 4 rings (SSSR count). The van der Waals surface area contributed by atoms with Crippen molar-refractivity contribution in [1.82, 2.24) is 4.90 Å². The van der Waals surface area contributed by atoms with Gasteiger partial charge in [-0.25, -0.2) is 9.18 Å². The minimum atomic E-state index is -0.795. The number of carbonyl (C=O) groups excluding carboxylic acids is 1. The molecule has 1 fully saturated rings. The van der Waals surface area contributed by atoms with Crippen molar-refractivity contribution in [2.75, 3.05) is 6.54 Å². The van der Waals surface area contributed by atoms with Crippen LogP contribution in [0.2, 0.25) is 0 Å². The molecule has 0 N–H and O–H groups in total. The quantitative estimate of drug-likeness (QED) is 0.300. The Morgan fingerprint density at radius 2 is 2.03 bits per heavy atom. The number of amides is 1. The molecule has 1 amide bonds. The van der Waals surface area contributed by atoms with Crippen LogP contribution in [0.3, 0.4) is 0 Å². The van der Waals surface area contributed by atoms with Crippen molar-refractivity contribution in [3.05, 3.63) is 61.4 Å². The second-order valence-corrected chi connectivity index (χ2v) is 10.7. The summed E-state index contributed by atoms with van der Waals surface area (Å²) in [6, 6.07) is 11.2. The molecule has 2 aliphatic heterocycles. The molecule has 0 saturated carbocycles. The Labute approximate surface area is 198 Å². The van der Waals surface area contributed by atoms with Crippen LogP contribution in [0, 0.1) is 9.39 Å². The van der Waals surface area contributed by atoms with Gasteiger partial charge in [0, 0.05) is 29.1 Å². The fourth-order valence-corrected chi connectivity index (χ4v) is 5.42. The van der Waals surface area contributed by atoms with Crippen LogP contribution in [0.5, 0.6) is 5.75 Å². The van der Waals surface area contributed by atoms with Gasteiger partial charge in [-0.1, -0.05) is 30.3 Å². The van der Waals surface area contributed by atoms with E-state index < -0.39 is 11.2 Å². The molecule has 1 saturated heterocycles. The van der Waals surface area contributed by atoms with Crippen molar-refractivity contribution >= 4 is 44.6 Å². The number of rotatable bonds is 2. The fourth-order valence-electron chi connectivity index (χ4n) is 4.41. The smallest absolute Gasteiger partial charge is 0.410 e. The molecule has 0 aromatic heterocycles. The van der Waals surface area contributed by atoms with E-state index in [0.29, 0.717) is 22.3 Å². The lowest BCUT2D eigenvalue weighted by molar-refractivity contribution is -0.0216. The summed E-state index contributed by atoms with van der Waals surface area (Å²) in [7, 11) is 0. The Morgan fingerprint density at radius 3 is 2.70 bits per heavy atom. The molecule has 0 aliphatic carbocycles. The molecule has 7 heteroatoms. The first kappa shape index (κ1) is 21.9. The Hall–Kier alpha value is -1.35. The third-order valence-corrected chi connectivity index (χ3v) is 8.31. The molecule has 4 nitrogen and oxygen atoms in total. The van der Waals surface area contributed by atoms with E-state index in [0.717, 1.165) is 28.4 Å². The summed E-state index contributed by atoms with van der Waals surface area (Å²) in [6.07, 6.45) is 1.87. The predicted octanol–water partition coefficient (Wildman–Crippen LogP) is 6.42. The zero-order chi connectivity index (χ0) is 21.7. The standard InChI is InChI=1S/C23H24BrFINO3/c1-22(2,3)30-21(28)27-11-7-10-18(27)23(14-8-5-4-6-9-14)13-15-17(29-23)12-16(25)20(26)19(15)24/h4-6,8-9,12,18H,7,10-11,13H2,1-3H3/t18-,23-/m0/s1. The molecular formula is C23H24BrFINO3. The van der Waals surface area contributed by atoms with Gasteiger partial charge in [0.1, 0.15) is 17.2 Å². The van der Waals surface area contributed by atoms with Crippen LogP contribution >= 0.6 is 38.5 Å². The maximum atomic E-state index is 14.5. The van der Waals surface area contributed by atoms with Crippen molar-refractivity contribution in [3.63, 3.8) is 0 Å². The summed E-state index contributed by atoms with van der Waals surface area (Å²) in [6.45, 7) is 6.22. The monoisotopic (exact) mass is 587 g/mol. The highest BCUT2D eigenvalue weighted by Gasteiger charge is 2.53. The van der Waals surface area contributed by atoms with Gasteiger partial charge in [0.05, 0.1) is 9.61 Å². The lowest BCUT2D eigenvalue weighted by Crippen LogP contribution is -2.53. The minimum Gasteiger partial charge on any atom is -0.480 e.